The molecular weight excluding hydrogens is 350 g/mol. The molecule has 0 aliphatic carbocycles. The van der Waals surface area contributed by atoms with E-state index in [0.29, 0.717) is 24.5 Å². The fraction of sp³-hybridized carbons (Fsp3) is 0.167. The molecule has 4 rings (SSSR count). The van der Waals surface area contributed by atoms with Gasteiger partial charge in [0.1, 0.15) is 5.82 Å². The molecule has 0 unspecified atom stereocenters. The summed E-state index contributed by atoms with van der Waals surface area (Å²) < 4.78 is 14.0. The predicted octanol–water partition coefficient (Wildman–Crippen LogP) is 4.81. The van der Waals surface area contributed by atoms with Gasteiger partial charge in [0.2, 0.25) is 0 Å². The monoisotopic (exact) mass is 362 g/mol. The third kappa shape index (κ3) is 2.46. The minimum absolute atomic E-state index is 0.0690. The van der Waals surface area contributed by atoms with Gasteiger partial charge in [-0.2, -0.15) is 0 Å². The number of H-pyrrole nitrogens is 1. The number of rotatable bonds is 1. The van der Waals surface area contributed by atoms with E-state index in [9.17, 15) is 9.18 Å². The maximum Gasteiger partial charge on any atom is 0.258 e. The average Bonchev–Trinajstić information content (AvgIpc) is 2.91. The van der Waals surface area contributed by atoms with Crippen LogP contribution < -0.4 is 0 Å². The molecule has 1 N–H and O–H groups in total. The maximum absolute atomic E-state index is 14.0. The van der Waals surface area contributed by atoms with Gasteiger partial charge >= 0.3 is 0 Å². The molecule has 0 spiro atoms. The Hall–Kier alpha value is -2.04. The fourth-order valence-electron chi connectivity index (χ4n) is 3.22. The van der Waals surface area contributed by atoms with Crippen molar-refractivity contribution in [1.82, 2.24) is 9.88 Å². The smallest absolute Gasteiger partial charge is 0.258 e. The minimum Gasteiger partial charge on any atom is -0.358 e. The summed E-state index contributed by atoms with van der Waals surface area (Å²) in [6.45, 7) is 0.913. The second-order valence-electron chi connectivity index (χ2n) is 5.85. The largest absolute Gasteiger partial charge is 0.358 e. The molecule has 1 amide bonds. The molecule has 0 saturated carbocycles. The normalized spacial score (nSPS) is 14.0. The molecule has 1 aliphatic heterocycles. The zero-order valence-electron chi connectivity index (χ0n) is 12.6. The van der Waals surface area contributed by atoms with Crippen LogP contribution in [0.2, 0.25) is 10.0 Å². The lowest BCUT2D eigenvalue weighted by Crippen LogP contribution is -2.36. The van der Waals surface area contributed by atoms with Crippen molar-refractivity contribution in [3.8, 4) is 0 Å². The number of aromatic amines is 1. The van der Waals surface area contributed by atoms with E-state index in [2.05, 4.69) is 4.98 Å². The van der Waals surface area contributed by atoms with Gasteiger partial charge in [-0.15, -0.1) is 0 Å². The van der Waals surface area contributed by atoms with Crippen LogP contribution in [0.4, 0.5) is 4.39 Å². The van der Waals surface area contributed by atoms with Crippen molar-refractivity contribution in [3.05, 3.63) is 69.1 Å². The molecule has 1 aromatic heterocycles. The van der Waals surface area contributed by atoms with Crippen LogP contribution in [0.25, 0.3) is 10.9 Å². The molecule has 0 atom stereocenters. The van der Waals surface area contributed by atoms with Crippen LogP contribution in [-0.4, -0.2) is 22.3 Å². The number of hydrogen-bond donors (Lipinski definition) is 1. The van der Waals surface area contributed by atoms with Gasteiger partial charge in [0, 0.05) is 46.7 Å². The first kappa shape index (κ1) is 15.5. The van der Waals surface area contributed by atoms with E-state index in [1.807, 2.05) is 18.2 Å². The number of carbonyl (C=O) groups is 1. The molecule has 0 saturated heterocycles. The van der Waals surface area contributed by atoms with E-state index < -0.39 is 5.82 Å². The van der Waals surface area contributed by atoms with Gasteiger partial charge in [-0.3, -0.25) is 4.79 Å². The highest BCUT2D eigenvalue weighted by Crippen LogP contribution is 2.31. The molecule has 122 valence electrons. The molecule has 0 bridgehead atoms. The Balaban J connectivity index is 1.72. The summed E-state index contributed by atoms with van der Waals surface area (Å²) in [7, 11) is 0. The average molecular weight is 363 g/mol. The molecule has 2 aromatic carbocycles. The third-order valence-electron chi connectivity index (χ3n) is 4.40. The molecule has 0 radical (unpaired) electrons. The van der Waals surface area contributed by atoms with Crippen molar-refractivity contribution < 1.29 is 9.18 Å². The molecule has 24 heavy (non-hydrogen) atoms. The van der Waals surface area contributed by atoms with Gasteiger partial charge in [0.15, 0.2) is 0 Å². The van der Waals surface area contributed by atoms with Gasteiger partial charge in [0.25, 0.3) is 5.91 Å². The number of aromatic nitrogens is 1. The first-order valence-corrected chi connectivity index (χ1v) is 8.32. The van der Waals surface area contributed by atoms with Crippen molar-refractivity contribution in [2.24, 2.45) is 0 Å². The highest BCUT2D eigenvalue weighted by Gasteiger charge is 2.27. The van der Waals surface area contributed by atoms with Crippen LogP contribution in [0.1, 0.15) is 21.6 Å². The predicted molar refractivity (Wildman–Crippen MR) is 93.2 cm³/mol. The van der Waals surface area contributed by atoms with Crippen LogP contribution in [0.3, 0.4) is 0 Å². The van der Waals surface area contributed by atoms with Crippen LogP contribution >= 0.6 is 23.2 Å². The molecule has 2 heterocycles. The first-order chi connectivity index (χ1) is 11.5. The van der Waals surface area contributed by atoms with E-state index in [-0.39, 0.29) is 16.5 Å². The molecule has 3 nitrogen and oxygen atoms in total. The van der Waals surface area contributed by atoms with Crippen molar-refractivity contribution in [2.75, 3.05) is 6.54 Å². The number of nitrogens with one attached hydrogen (secondary N) is 1. The maximum atomic E-state index is 14.0. The van der Waals surface area contributed by atoms with Gasteiger partial charge in [-0.05, 0) is 30.3 Å². The van der Waals surface area contributed by atoms with E-state index in [0.717, 1.165) is 22.2 Å². The van der Waals surface area contributed by atoms with Crippen molar-refractivity contribution in [2.45, 2.75) is 13.0 Å². The third-order valence-corrected chi connectivity index (χ3v) is 4.95. The molecule has 6 heteroatoms. The van der Waals surface area contributed by atoms with Crippen molar-refractivity contribution >= 4 is 40.0 Å². The van der Waals surface area contributed by atoms with Crippen LogP contribution in [0.5, 0.6) is 0 Å². The summed E-state index contributed by atoms with van der Waals surface area (Å²) >= 11 is 12.1. The summed E-state index contributed by atoms with van der Waals surface area (Å²) in [6, 6.07) is 9.91. The zero-order valence-corrected chi connectivity index (χ0v) is 14.1. The molecular formula is C18H13Cl2FN2O. The number of benzene rings is 2. The number of hydrogen-bond acceptors (Lipinski definition) is 1. The quantitative estimate of drug-likeness (QED) is 0.662. The zero-order chi connectivity index (χ0) is 16.8. The van der Waals surface area contributed by atoms with Gasteiger partial charge in [-0.25, -0.2) is 4.39 Å². The van der Waals surface area contributed by atoms with Crippen molar-refractivity contribution in [3.63, 3.8) is 0 Å². The van der Waals surface area contributed by atoms with E-state index in [4.69, 9.17) is 23.2 Å². The SMILES string of the molecule is O=C(c1c(F)cccc1Cl)N1CCc2[nH]c3ccc(Cl)cc3c2C1. The Morgan fingerprint density at radius 1 is 1.21 bits per heavy atom. The molecule has 1 aliphatic rings. The van der Waals surface area contributed by atoms with Crippen LogP contribution in [-0.2, 0) is 13.0 Å². The van der Waals surface area contributed by atoms with E-state index >= 15 is 0 Å². The Morgan fingerprint density at radius 3 is 2.83 bits per heavy atom. The van der Waals surface area contributed by atoms with Crippen LogP contribution in [0, 0.1) is 5.82 Å². The second kappa shape index (κ2) is 5.80. The number of carbonyl (C=O) groups excluding carboxylic acids is 1. The summed E-state index contributed by atoms with van der Waals surface area (Å²) in [6.07, 6.45) is 0.680. The van der Waals surface area contributed by atoms with Gasteiger partial charge in [0.05, 0.1) is 10.6 Å². The summed E-state index contributed by atoms with van der Waals surface area (Å²) in [5, 5.41) is 1.77. The number of fused-ring (bicyclic) bond motifs is 3. The Labute approximate surface area is 148 Å². The van der Waals surface area contributed by atoms with Gasteiger partial charge in [-0.1, -0.05) is 29.3 Å². The summed E-state index contributed by atoms with van der Waals surface area (Å²) in [4.78, 5) is 17.7. The Bertz CT molecular complexity index is 947. The summed E-state index contributed by atoms with van der Waals surface area (Å²) in [5.41, 5.74) is 3.04. The lowest BCUT2D eigenvalue weighted by Gasteiger charge is -2.27. The highest BCUT2D eigenvalue weighted by molar-refractivity contribution is 6.33. The molecule has 0 fully saturated rings. The van der Waals surface area contributed by atoms with Crippen molar-refractivity contribution in [1.29, 1.82) is 0 Å². The Kier molecular flexibility index (Phi) is 3.74. The number of halogens is 3. The first-order valence-electron chi connectivity index (χ1n) is 7.57. The standard InChI is InChI=1S/C18H13Cl2FN2O/c19-10-4-5-15-11(8-10)12-9-23(7-6-16(12)22-15)18(24)17-13(20)2-1-3-14(17)21/h1-5,8,22H,6-7,9H2. The molecule has 3 aromatic rings. The minimum atomic E-state index is -0.597. The highest BCUT2D eigenvalue weighted by atomic mass is 35.5. The fourth-order valence-corrected chi connectivity index (χ4v) is 3.64. The lowest BCUT2D eigenvalue weighted by molar-refractivity contribution is 0.0730. The number of nitrogens with zero attached hydrogens (tertiary/aromatic N) is 1. The van der Waals surface area contributed by atoms with E-state index in [1.165, 1.54) is 18.2 Å². The lowest BCUT2D eigenvalue weighted by atomic mass is 10.0. The second-order valence-corrected chi connectivity index (χ2v) is 6.69. The topological polar surface area (TPSA) is 36.1 Å². The number of amides is 1. The van der Waals surface area contributed by atoms with E-state index in [1.54, 1.807) is 4.90 Å². The van der Waals surface area contributed by atoms with Crippen LogP contribution in [0.15, 0.2) is 36.4 Å². The van der Waals surface area contributed by atoms with Gasteiger partial charge < -0.3 is 9.88 Å². The Morgan fingerprint density at radius 2 is 2.04 bits per heavy atom. The summed E-state index contributed by atoms with van der Waals surface area (Å²) in [5.74, 6) is -0.986.